The summed E-state index contributed by atoms with van der Waals surface area (Å²) in [6.45, 7) is 4.00. The van der Waals surface area contributed by atoms with Crippen molar-refractivity contribution >= 4 is 5.91 Å². The number of nitrogens with one attached hydrogen (secondary N) is 1. The Labute approximate surface area is 125 Å². The van der Waals surface area contributed by atoms with E-state index in [4.69, 9.17) is 0 Å². The number of amides is 1. The van der Waals surface area contributed by atoms with Crippen LogP contribution in [0.15, 0.2) is 48.8 Å². The van der Waals surface area contributed by atoms with E-state index in [1.165, 1.54) is 25.9 Å². The second-order valence-corrected chi connectivity index (χ2v) is 5.45. The summed E-state index contributed by atoms with van der Waals surface area (Å²) in [5, 5.41) is 3.00. The Hall–Kier alpha value is -2.07. The molecule has 1 aromatic carbocycles. The van der Waals surface area contributed by atoms with Crippen LogP contribution in [0.3, 0.4) is 0 Å². The molecule has 0 bridgehead atoms. The number of rotatable bonds is 5. The van der Waals surface area contributed by atoms with Crippen LogP contribution < -0.4 is 5.32 Å². The zero-order valence-corrected chi connectivity index (χ0v) is 12.2. The predicted octanol–water partition coefficient (Wildman–Crippen LogP) is 2.30. The molecule has 0 saturated carbocycles. The van der Waals surface area contributed by atoms with E-state index in [0.29, 0.717) is 5.56 Å². The lowest BCUT2D eigenvalue weighted by Gasteiger charge is -2.14. The summed E-state index contributed by atoms with van der Waals surface area (Å²) in [6, 6.07) is 11.9. The fraction of sp³-hybridized carbons (Fsp3) is 0.353. The molecule has 1 aliphatic rings. The van der Waals surface area contributed by atoms with Gasteiger partial charge in [-0.25, -0.2) is 0 Å². The smallest absolute Gasteiger partial charge is 0.252 e. The van der Waals surface area contributed by atoms with E-state index in [9.17, 15) is 4.79 Å². The molecule has 2 heterocycles. The van der Waals surface area contributed by atoms with Gasteiger partial charge in [-0.2, -0.15) is 0 Å². The van der Waals surface area contributed by atoms with Gasteiger partial charge in [-0.1, -0.05) is 18.2 Å². The van der Waals surface area contributed by atoms with Crippen LogP contribution in [-0.2, 0) is 0 Å². The highest BCUT2D eigenvalue weighted by Gasteiger charge is 2.12. The molecule has 1 saturated heterocycles. The second kappa shape index (κ2) is 6.59. The Morgan fingerprint density at radius 3 is 2.62 bits per heavy atom. The molecule has 3 rings (SSSR count). The molecule has 0 aliphatic carbocycles. The lowest BCUT2D eigenvalue weighted by Crippen LogP contribution is -2.33. The van der Waals surface area contributed by atoms with E-state index >= 15 is 0 Å². The standard InChI is InChI=1S/C17H21N3O/c21-17(18-9-13-19-10-4-5-11-19)15-8-12-20(14-15)16-6-2-1-3-7-16/h1-3,6-8,12,14H,4-5,9-11,13H2,(H,18,21). The quantitative estimate of drug-likeness (QED) is 0.914. The van der Waals surface area contributed by atoms with Crippen molar-refractivity contribution in [3.05, 3.63) is 54.4 Å². The van der Waals surface area contributed by atoms with Gasteiger partial charge in [-0.15, -0.1) is 0 Å². The predicted molar refractivity (Wildman–Crippen MR) is 83.8 cm³/mol. The molecular weight excluding hydrogens is 262 g/mol. The van der Waals surface area contributed by atoms with Crippen molar-refractivity contribution in [2.24, 2.45) is 0 Å². The summed E-state index contributed by atoms with van der Waals surface area (Å²) in [7, 11) is 0. The van der Waals surface area contributed by atoms with Crippen LogP contribution in [0.4, 0.5) is 0 Å². The Balaban J connectivity index is 1.54. The molecule has 4 heteroatoms. The third-order valence-corrected chi connectivity index (χ3v) is 3.92. The molecule has 0 radical (unpaired) electrons. The van der Waals surface area contributed by atoms with E-state index in [2.05, 4.69) is 10.2 Å². The summed E-state index contributed by atoms with van der Waals surface area (Å²) in [5.74, 6) is 0.00359. The van der Waals surface area contributed by atoms with Crippen LogP contribution in [0.5, 0.6) is 0 Å². The molecule has 1 N–H and O–H groups in total. The Kier molecular flexibility index (Phi) is 4.36. The van der Waals surface area contributed by atoms with Gasteiger partial charge in [0, 0.05) is 31.2 Å². The van der Waals surface area contributed by atoms with Crippen LogP contribution in [0.25, 0.3) is 5.69 Å². The number of aromatic nitrogens is 1. The molecule has 1 fully saturated rings. The van der Waals surface area contributed by atoms with E-state index in [-0.39, 0.29) is 5.91 Å². The molecule has 110 valence electrons. The fourth-order valence-electron chi connectivity index (χ4n) is 2.73. The number of carbonyl (C=O) groups excluding carboxylic acids is 1. The number of nitrogens with zero attached hydrogens (tertiary/aromatic N) is 2. The first-order valence-electron chi connectivity index (χ1n) is 7.57. The maximum Gasteiger partial charge on any atom is 0.252 e. The van der Waals surface area contributed by atoms with Crippen molar-refractivity contribution in [2.45, 2.75) is 12.8 Å². The van der Waals surface area contributed by atoms with E-state index in [0.717, 1.165) is 18.8 Å². The average molecular weight is 283 g/mol. The van der Waals surface area contributed by atoms with Gasteiger partial charge >= 0.3 is 0 Å². The van der Waals surface area contributed by atoms with E-state index in [1.807, 2.05) is 53.4 Å². The molecule has 1 aromatic heterocycles. The second-order valence-electron chi connectivity index (χ2n) is 5.45. The zero-order valence-electron chi connectivity index (χ0n) is 12.2. The highest BCUT2D eigenvalue weighted by atomic mass is 16.1. The molecular formula is C17H21N3O. The van der Waals surface area contributed by atoms with Gasteiger partial charge < -0.3 is 14.8 Å². The van der Waals surface area contributed by atoms with Crippen molar-refractivity contribution < 1.29 is 4.79 Å². The number of hydrogen-bond donors (Lipinski definition) is 1. The first-order chi connectivity index (χ1) is 10.3. The number of para-hydroxylation sites is 1. The number of hydrogen-bond acceptors (Lipinski definition) is 2. The Bertz CT molecular complexity index is 585. The lowest BCUT2D eigenvalue weighted by molar-refractivity contribution is 0.0950. The third-order valence-electron chi connectivity index (χ3n) is 3.92. The normalized spacial score (nSPS) is 15.2. The highest BCUT2D eigenvalue weighted by Crippen LogP contribution is 2.10. The summed E-state index contributed by atoms with van der Waals surface area (Å²) in [5.41, 5.74) is 1.77. The number of likely N-dealkylation sites (tertiary alicyclic amines) is 1. The van der Waals surface area contributed by atoms with Gasteiger partial charge in [0.2, 0.25) is 0 Å². The average Bonchev–Trinajstić information content (AvgIpc) is 3.20. The maximum atomic E-state index is 12.1. The van der Waals surface area contributed by atoms with Gasteiger partial charge in [0.05, 0.1) is 5.56 Å². The molecule has 2 aromatic rings. The van der Waals surface area contributed by atoms with Crippen molar-refractivity contribution in [3.63, 3.8) is 0 Å². The highest BCUT2D eigenvalue weighted by molar-refractivity contribution is 5.94. The Morgan fingerprint density at radius 1 is 1.10 bits per heavy atom. The summed E-state index contributed by atoms with van der Waals surface area (Å²) < 4.78 is 1.97. The minimum Gasteiger partial charge on any atom is -0.351 e. The summed E-state index contributed by atoms with van der Waals surface area (Å²) in [4.78, 5) is 14.5. The molecule has 0 unspecified atom stereocenters. The van der Waals surface area contributed by atoms with Crippen LogP contribution in [-0.4, -0.2) is 41.6 Å². The fourth-order valence-corrected chi connectivity index (χ4v) is 2.73. The number of carbonyl (C=O) groups is 1. The minimum absolute atomic E-state index is 0.00359. The first-order valence-corrected chi connectivity index (χ1v) is 7.57. The van der Waals surface area contributed by atoms with Gasteiger partial charge in [0.25, 0.3) is 5.91 Å². The van der Waals surface area contributed by atoms with Crippen LogP contribution in [0, 0.1) is 0 Å². The summed E-state index contributed by atoms with van der Waals surface area (Å²) >= 11 is 0. The van der Waals surface area contributed by atoms with Crippen molar-refractivity contribution in [3.8, 4) is 5.69 Å². The van der Waals surface area contributed by atoms with Crippen LogP contribution >= 0.6 is 0 Å². The summed E-state index contributed by atoms with van der Waals surface area (Å²) in [6.07, 6.45) is 6.37. The monoisotopic (exact) mass is 283 g/mol. The van der Waals surface area contributed by atoms with Crippen LogP contribution in [0.2, 0.25) is 0 Å². The van der Waals surface area contributed by atoms with Crippen molar-refractivity contribution in [2.75, 3.05) is 26.2 Å². The molecule has 21 heavy (non-hydrogen) atoms. The van der Waals surface area contributed by atoms with Gasteiger partial charge in [0.15, 0.2) is 0 Å². The van der Waals surface area contributed by atoms with Gasteiger partial charge in [0.1, 0.15) is 0 Å². The van der Waals surface area contributed by atoms with E-state index < -0.39 is 0 Å². The maximum absolute atomic E-state index is 12.1. The molecule has 4 nitrogen and oxygen atoms in total. The van der Waals surface area contributed by atoms with E-state index in [1.54, 1.807) is 0 Å². The van der Waals surface area contributed by atoms with Gasteiger partial charge in [-0.05, 0) is 44.1 Å². The van der Waals surface area contributed by atoms with Crippen LogP contribution in [0.1, 0.15) is 23.2 Å². The SMILES string of the molecule is O=C(NCCN1CCCC1)c1ccn(-c2ccccc2)c1. The van der Waals surface area contributed by atoms with Gasteiger partial charge in [-0.3, -0.25) is 4.79 Å². The molecule has 1 aliphatic heterocycles. The van der Waals surface area contributed by atoms with Crippen molar-refractivity contribution in [1.82, 2.24) is 14.8 Å². The minimum atomic E-state index is 0.00359. The number of benzene rings is 1. The lowest BCUT2D eigenvalue weighted by atomic mass is 10.3. The topological polar surface area (TPSA) is 37.3 Å². The third kappa shape index (κ3) is 3.52. The Morgan fingerprint density at radius 2 is 1.86 bits per heavy atom. The van der Waals surface area contributed by atoms with Crippen molar-refractivity contribution in [1.29, 1.82) is 0 Å². The molecule has 0 spiro atoms. The largest absolute Gasteiger partial charge is 0.351 e. The molecule has 0 atom stereocenters. The first kappa shape index (κ1) is 13.9. The zero-order chi connectivity index (χ0) is 14.5. The molecule has 1 amide bonds.